The van der Waals surface area contributed by atoms with Crippen molar-refractivity contribution in [1.82, 2.24) is 15.3 Å². The number of ether oxygens (including phenoxy) is 1. The van der Waals surface area contributed by atoms with E-state index in [1.54, 1.807) is 20.8 Å². The van der Waals surface area contributed by atoms with Crippen molar-refractivity contribution in [1.29, 1.82) is 0 Å². The highest BCUT2D eigenvalue weighted by Crippen LogP contribution is 2.37. The summed E-state index contributed by atoms with van der Waals surface area (Å²) in [4.78, 5) is 22.9. The minimum Gasteiger partial charge on any atom is -0.444 e. The maximum Gasteiger partial charge on any atom is 0.407 e. The van der Waals surface area contributed by atoms with E-state index in [-0.39, 0.29) is 22.2 Å². The second kappa shape index (κ2) is 8.37. The van der Waals surface area contributed by atoms with Crippen molar-refractivity contribution in [2.45, 2.75) is 70.3 Å². The lowest BCUT2D eigenvalue weighted by Gasteiger charge is -2.26. The number of halogens is 4. The molecule has 0 aromatic carbocycles. The molecule has 2 heterocycles. The van der Waals surface area contributed by atoms with E-state index in [1.165, 1.54) is 6.07 Å². The Morgan fingerprint density at radius 3 is 2.67 bits per heavy atom. The highest BCUT2D eigenvalue weighted by Gasteiger charge is 2.33. The van der Waals surface area contributed by atoms with E-state index in [1.807, 2.05) is 11.9 Å². The van der Waals surface area contributed by atoms with Crippen molar-refractivity contribution < 1.29 is 22.7 Å². The molecule has 0 radical (unpaired) electrons. The summed E-state index contributed by atoms with van der Waals surface area (Å²) >= 11 is 7.01. The molecule has 1 amide bonds. The number of amides is 1. The molecule has 166 valence electrons. The molecule has 6 nitrogen and oxygen atoms in total. The second-order valence-corrected chi connectivity index (χ2v) is 9.91. The van der Waals surface area contributed by atoms with E-state index >= 15 is 0 Å². The van der Waals surface area contributed by atoms with Gasteiger partial charge in [0.1, 0.15) is 16.2 Å². The Hall–Kier alpha value is -1.81. The van der Waals surface area contributed by atoms with Crippen LogP contribution < -0.4 is 10.2 Å². The summed E-state index contributed by atoms with van der Waals surface area (Å²) in [7, 11) is 1.83. The molecule has 0 saturated heterocycles. The van der Waals surface area contributed by atoms with Crippen LogP contribution in [-0.2, 0) is 11.2 Å². The van der Waals surface area contributed by atoms with Crippen LogP contribution in [-0.4, -0.2) is 47.0 Å². The molecule has 1 aliphatic carbocycles. The summed E-state index contributed by atoms with van der Waals surface area (Å²) in [6.45, 7) is 5.40. The SMILES string of the molecule is CN(c1nc(Cl)nc2sc(CC(F)(F)F)cc12)C1CCC(NC(=O)OC(C)(C)C)C1. The number of fused-ring (bicyclic) bond motifs is 1. The van der Waals surface area contributed by atoms with Gasteiger partial charge in [0.25, 0.3) is 0 Å². The Balaban J connectivity index is 1.75. The fraction of sp³-hybridized carbons (Fsp3) is 0.632. The van der Waals surface area contributed by atoms with Gasteiger partial charge in [-0.25, -0.2) is 9.78 Å². The van der Waals surface area contributed by atoms with Crippen LogP contribution in [0.4, 0.5) is 23.8 Å². The van der Waals surface area contributed by atoms with E-state index in [0.29, 0.717) is 22.5 Å². The second-order valence-electron chi connectivity index (χ2n) is 8.46. The smallest absolute Gasteiger partial charge is 0.407 e. The maximum atomic E-state index is 12.8. The lowest BCUT2D eigenvalue weighted by molar-refractivity contribution is -0.126. The van der Waals surface area contributed by atoms with Crippen LogP contribution in [0.1, 0.15) is 44.9 Å². The maximum absolute atomic E-state index is 12.8. The summed E-state index contributed by atoms with van der Waals surface area (Å²) in [6, 6.07) is 1.48. The summed E-state index contributed by atoms with van der Waals surface area (Å²) < 4.78 is 43.7. The van der Waals surface area contributed by atoms with Crippen molar-refractivity contribution >= 4 is 45.1 Å². The van der Waals surface area contributed by atoms with Crippen LogP contribution in [0.5, 0.6) is 0 Å². The van der Waals surface area contributed by atoms with Crippen LogP contribution in [0.15, 0.2) is 6.07 Å². The van der Waals surface area contributed by atoms with Crippen LogP contribution in [0.3, 0.4) is 0 Å². The van der Waals surface area contributed by atoms with Gasteiger partial charge in [0.05, 0.1) is 11.8 Å². The molecule has 30 heavy (non-hydrogen) atoms. The lowest BCUT2D eigenvalue weighted by Crippen LogP contribution is -2.39. The molecule has 0 aliphatic heterocycles. The number of alkyl halides is 3. The van der Waals surface area contributed by atoms with Crippen molar-refractivity contribution in [2.75, 3.05) is 11.9 Å². The number of carbonyl (C=O) groups excluding carboxylic acids is 1. The Labute approximate surface area is 181 Å². The van der Waals surface area contributed by atoms with Crippen molar-refractivity contribution in [3.05, 3.63) is 16.2 Å². The monoisotopic (exact) mass is 464 g/mol. The third-order valence-corrected chi connectivity index (χ3v) is 5.98. The molecule has 2 unspecified atom stereocenters. The molecule has 2 aromatic rings. The molecular weight excluding hydrogens is 441 g/mol. The largest absolute Gasteiger partial charge is 0.444 e. The quantitative estimate of drug-likeness (QED) is 0.619. The fourth-order valence-corrected chi connectivity index (χ4v) is 4.84. The van der Waals surface area contributed by atoms with Gasteiger partial charge in [-0.15, -0.1) is 11.3 Å². The molecule has 2 atom stereocenters. The van der Waals surface area contributed by atoms with Gasteiger partial charge < -0.3 is 15.0 Å². The number of carbonyl (C=O) groups is 1. The molecule has 1 fully saturated rings. The van der Waals surface area contributed by atoms with E-state index in [0.717, 1.165) is 24.2 Å². The molecule has 0 spiro atoms. The van der Waals surface area contributed by atoms with Crippen LogP contribution in [0.2, 0.25) is 5.28 Å². The van der Waals surface area contributed by atoms with Gasteiger partial charge >= 0.3 is 12.3 Å². The van der Waals surface area contributed by atoms with Gasteiger partial charge in [-0.3, -0.25) is 0 Å². The van der Waals surface area contributed by atoms with E-state index in [2.05, 4.69) is 15.3 Å². The third-order valence-electron chi connectivity index (χ3n) is 4.78. The number of rotatable bonds is 4. The molecular formula is C19H24ClF3N4O2S. The zero-order chi connectivity index (χ0) is 22.3. The van der Waals surface area contributed by atoms with Gasteiger partial charge in [0, 0.05) is 24.0 Å². The number of nitrogens with zero attached hydrogens (tertiary/aromatic N) is 3. The zero-order valence-electron chi connectivity index (χ0n) is 17.1. The first-order valence-corrected chi connectivity index (χ1v) is 10.8. The van der Waals surface area contributed by atoms with Gasteiger partial charge in [-0.2, -0.15) is 18.2 Å². The lowest BCUT2D eigenvalue weighted by atomic mass is 10.2. The topological polar surface area (TPSA) is 67.4 Å². The highest BCUT2D eigenvalue weighted by molar-refractivity contribution is 7.18. The molecule has 1 aliphatic rings. The summed E-state index contributed by atoms with van der Waals surface area (Å²) in [6.07, 6.45) is -3.55. The summed E-state index contributed by atoms with van der Waals surface area (Å²) in [5.41, 5.74) is -0.574. The standard InChI is InChI=1S/C19H24ClF3N4O2S/c1-18(2,3)29-17(28)24-10-5-6-11(7-10)27(4)14-13-8-12(9-19(21,22)23)30-15(13)26-16(20)25-14/h8,10-11H,5-7,9H2,1-4H3,(H,24,28). The molecule has 11 heteroatoms. The minimum absolute atomic E-state index is 0.00816. The predicted octanol–water partition coefficient (Wildman–Crippen LogP) is 5.33. The van der Waals surface area contributed by atoms with Gasteiger partial charge in [0.15, 0.2) is 0 Å². The summed E-state index contributed by atoms with van der Waals surface area (Å²) in [5.74, 6) is 0.498. The number of aromatic nitrogens is 2. The van der Waals surface area contributed by atoms with E-state index in [9.17, 15) is 18.0 Å². The molecule has 1 saturated carbocycles. The van der Waals surface area contributed by atoms with Gasteiger partial charge in [-0.1, -0.05) is 0 Å². The molecule has 0 bridgehead atoms. The normalized spacial score (nSPS) is 19.9. The van der Waals surface area contributed by atoms with Crippen LogP contribution >= 0.6 is 22.9 Å². The van der Waals surface area contributed by atoms with E-state index < -0.39 is 24.3 Å². The Kier molecular flexibility index (Phi) is 6.38. The van der Waals surface area contributed by atoms with Crippen LogP contribution in [0, 0.1) is 0 Å². The molecule has 3 rings (SSSR count). The first kappa shape index (κ1) is 22.9. The zero-order valence-corrected chi connectivity index (χ0v) is 18.7. The van der Waals surface area contributed by atoms with Gasteiger partial charge in [-0.05, 0) is 57.7 Å². The summed E-state index contributed by atoms with van der Waals surface area (Å²) in [5, 5.41) is 3.42. The number of hydrogen-bond donors (Lipinski definition) is 1. The number of thiophene rings is 1. The number of alkyl carbamates (subject to hydrolysis) is 1. The Bertz CT molecular complexity index is 929. The van der Waals surface area contributed by atoms with Gasteiger partial charge in [0.2, 0.25) is 5.28 Å². The predicted molar refractivity (Wildman–Crippen MR) is 111 cm³/mol. The third kappa shape index (κ3) is 5.87. The molecule has 2 aromatic heterocycles. The fourth-order valence-electron chi connectivity index (χ4n) is 3.57. The Morgan fingerprint density at radius 2 is 2.03 bits per heavy atom. The average molecular weight is 465 g/mol. The van der Waals surface area contributed by atoms with E-state index in [4.69, 9.17) is 16.3 Å². The number of anilines is 1. The van der Waals surface area contributed by atoms with Crippen LogP contribution in [0.25, 0.3) is 10.2 Å². The van der Waals surface area contributed by atoms with Crippen molar-refractivity contribution in [3.8, 4) is 0 Å². The number of nitrogens with one attached hydrogen (secondary N) is 1. The first-order valence-electron chi connectivity index (χ1n) is 9.56. The Morgan fingerprint density at radius 1 is 1.33 bits per heavy atom. The average Bonchev–Trinajstić information content (AvgIpc) is 3.16. The number of hydrogen-bond acceptors (Lipinski definition) is 6. The van der Waals surface area contributed by atoms with Crippen molar-refractivity contribution in [2.24, 2.45) is 0 Å². The highest BCUT2D eigenvalue weighted by atomic mass is 35.5. The minimum atomic E-state index is -4.30. The van der Waals surface area contributed by atoms with Crippen molar-refractivity contribution in [3.63, 3.8) is 0 Å². The molecule has 1 N–H and O–H groups in total. The first-order chi connectivity index (χ1) is 13.8.